The van der Waals surface area contributed by atoms with Gasteiger partial charge < -0.3 is 6.42 Å². The Kier molecular flexibility index (Phi) is 6.06. The first kappa shape index (κ1) is 9.79. The average molecular weight is 347 g/mol. The van der Waals surface area contributed by atoms with Crippen LogP contribution in [0, 0.1) is 43.5 Å². The molecule has 0 aliphatic heterocycles. The molecule has 1 unspecified atom stereocenters. The van der Waals surface area contributed by atoms with E-state index in [9.17, 15) is 0 Å². The van der Waals surface area contributed by atoms with Gasteiger partial charge in [0.05, 0.1) is 0 Å². The maximum atomic E-state index is 2.36. The van der Waals surface area contributed by atoms with Gasteiger partial charge in [-0.3, -0.25) is 0 Å². The smallest absolute Gasteiger partial charge is 0 e. The summed E-state index contributed by atoms with van der Waals surface area (Å²) in [7, 11) is 0. The summed E-state index contributed by atoms with van der Waals surface area (Å²) in [5.41, 5.74) is 0. The molecular formula is C8H13U-. The zero-order valence-corrected chi connectivity index (χ0v) is 10.1. The summed E-state index contributed by atoms with van der Waals surface area (Å²) in [5.74, 6) is 0.851. The predicted molar refractivity (Wildman–Crippen MR) is 36.5 cm³/mol. The van der Waals surface area contributed by atoms with Crippen molar-refractivity contribution in [3.8, 4) is 0 Å². The van der Waals surface area contributed by atoms with E-state index in [4.69, 9.17) is 0 Å². The van der Waals surface area contributed by atoms with Crippen molar-refractivity contribution in [1.29, 1.82) is 0 Å². The van der Waals surface area contributed by atoms with Crippen LogP contribution in [0.25, 0.3) is 0 Å². The molecule has 0 radical (unpaired) electrons. The molecule has 0 nitrogen and oxygen atoms in total. The van der Waals surface area contributed by atoms with Crippen LogP contribution < -0.4 is 0 Å². The molecule has 1 aliphatic rings. The van der Waals surface area contributed by atoms with Gasteiger partial charge in [0, 0.05) is 31.1 Å². The molecule has 0 saturated carbocycles. The Morgan fingerprint density at radius 2 is 2.44 bits per heavy atom. The first-order chi connectivity index (χ1) is 3.93. The molecule has 0 fully saturated rings. The summed E-state index contributed by atoms with van der Waals surface area (Å²) in [6.07, 6.45) is 10.7. The molecule has 9 heavy (non-hydrogen) atoms. The number of hydrogen-bond acceptors (Lipinski definition) is 0. The van der Waals surface area contributed by atoms with Gasteiger partial charge in [-0.05, 0) is 0 Å². The fourth-order valence-corrected chi connectivity index (χ4v) is 1.06. The van der Waals surface area contributed by atoms with Gasteiger partial charge in [0.1, 0.15) is 0 Å². The van der Waals surface area contributed by atoms with E-state index in [0.717, 1.165) is 5.92 Å². The summed E-state index contributed by atoms with van der Waals surface area (Å²) in [6.45, 7) is 2.24. The molecule has 1 rings (SSSR count). The molecule has 0 amide bonds. The third-order valence-electron chi connectivity index (χ3n) is 1.70. The summed E-state index contributed by atoms with van der Waals surface area (Å²) in [4.78, 5) is 0. The van der Waals surface area contributed by atoms with Crippen molar-refractivity contribution in [2.75, 3.05) is 0 Å². The number of allylic oxidation sites excluding steroid dienone is 2. The largest absolute Gasteiger partial charge is 0.324 e. The van der Waals surface area contributed by atoms with E-state index >= 15 is 0 Å². The van der Waals surface area contributed by atoms with Crippen LogP contribution >= 0.6 is 0 Å². The number of hydrogen-bond donors (Lipinski definition) is 0. The third-order valence-corrected chi connectivity index (χ3v) is 1.70. The third kappa shape index (κ3) is 3.48. The molecule has 0 N–H and O–H groups in total. The van der Waals surface area contributed by atoms with Crippen molar-refractivity contribution in [3.63, 3.8) is 0 Å². The summed E-state index contributed by atoms with van der Waals surface area (Å²) in [5, 5.41) is 0. The maximum absolute atomic E-state index is 2.36. The van der Waals surface area contributed by atoms with Gasteiger partial charge >= 0.3 is 0 Å². The van der Waals surface area contributed by atoms with E-state index < -0.39 is 0 Å². The Morgan fingerprint density at radius 1 is 1.67 bits per heavy atom. The van der Waals surface area contributed by atoms with Crippen LogP contribution in [0.2, 0.25) is 0 Å². The molecule has 0 saturated heterocycles. The van der Waals surface area contributed by atoms with Crippen molar-refractivity contribution in [2.45, 2.75) is 26.2 Å². The van der Waals surface area contributed by atoms with Gasteiger partial charge in [-0.1, -0.05) is 25.3 Å². The minimum absolute atomic E-state index is 0. The summed E-state index contributed by atoms with van der Waals surface area (Å²) >= 11 is 0. The van der Waals surface area contributed by atoms with Crippen LogP contribution in [-0.4, -0.2) is 0 Å². The molecular weight excluding hydrogens is 334 g/mol. The predicted octanol–water partition coefficient (Wildman–Crippen LogP) is 2.57. The summed E-state index contributed by atoms with van der Waals surface area (Å²) < 4.78 is 0. The average Bonchev–Trinajstić information content (AvgIpc) is 1.90. The van der Waals surface area contributed by atoms with Crippen LogP contribution in [0.15, 0.2) is 12.2 Å². The molecule has 0 aromatic rings. The Bertz CT molecular complexity index is 86.6. The zero-order valence-electron chi connectivity index (χ0n) is 5.93. The molecule has 1 aliphatic carbocycles. The Labute approximate surface area is 81.5 Å². The molecule has 0 aromatic carbocycles. The standard InChI is InChI=1S/C8H13.U/c1-2-8-6-4-3-5-7-8;/h4-6,8H,2-3,7H2,1H3;/q-1;. The second-order valence-corrected chi connectivity index (χ2v) is 2.36. The topological polar surface area (TPSA) is 0 Å². The molecule has 0 aromatic heterocycles. The molecule has 0 bridgehead atoms. The minimum atomic E-state index is 0. The second kappa shape index (κ2) is 5.57. The van der Waals surface area contributed by atoms with Gasteiger partial charge in [0.25, 0.3) is 0 Å². The molecule has 1 atom stereocenters. The van der Waals surface area contributed by atoms with Crippen LogP contribution in [0.4, 0.5) is 0 Å². The van der Waals surface area contributed by atoms with E-state index in [-0.39, 0.29) is 31.1 Å². The number of rotatable bonds is 1. The van der Waals surface area contributed by atoms with Gasteiger partial charge in [-0.25, -0.2) is 0 Å². The van der Waals surface area contributed by atoms with Crippen molar-refractivity contribution >= 4 is 0 Å². The fraction of sp³-hybridized carbons (Fsp3) is 0.625. The minimum Gasteiger partial charge on any atom is -0.324 e. The van der Waals surface area contributed by atoms with Crippen LogP contribution in [0.5, 0.6) is 0 Å². The quantitative estimate of drug-likeness (QED) is 0.505. The van der Waals surface area contributed by atoms with E-state index in [0.29, 0.717) is 0 Å². The normalized spacial score (nSPS) is 25.2. The van der Waals surface area contributed by atoms with E-state index in [2.05, 4.69) is 25.5 Å². The van der Waals surface area contributed by atoms with Crippen LogP contribution in [0.3, 0.4) is 0 Å². The van der Waals surface area contributed by atoms with Crippen molar-refractivity contribution < 1.29 is 31.1 Å². The fourth-order valence-electron chi connectivity index (χ4n) is 1.06. The Hall–Kier alpha value is 0.792. The first-order valence-corrected chi connectivity index (χ1v) is 3.42. The Morgan fingerprint density at radius 3 is 2.78 bits per heavy atom. The van der Waals surface area contributed by atoms with Crippen LogP contribution in [0.1, 0.15) is 26.2 Å². The van der Waals surface area contributed by atoms with E-state index in [1.807, 2.05) is 0 Å². The van der Waals surface area contributed by atoms with Gasteiger partial charge in [-0.15, -0.1) is 6.08 Å². The van der Waals surface area contributed by atoms with Gasteiger partial charge in [0.15, 0.2) is 0 Å². The maximum Gasteiger partial charge on any atom is 0 e. The first-order valence-electron chi connectivity index (χ1n) is 3.42. The zero-order chi connectivity index (χ0) is 5.82. The SMILES string of the molecule is CCC1C=CC[CH-]C1.[U]. The second-order valence-electron chi connectivity index (χ2n) is 2.36. The molecule has 1 heteroatoms. The Balaban J connectivity index is 0.000000640. The van der Waals surface area contributed by atoms with Crippen molar-refractivity contribution in [1.82, 2.24) is 0 Å². The van der Waals surface area contributed by atoms with Crippen molar-refractivity contribution in [3.05, 3.63) is 18.6 Å². The van der Waals surface area contributed by atoms with Crippen LogP contribution in [-0.2, 0) is 0 Å². The van der Waals surface area contributed by atoms with Crippen molar-refractivity contribution in [2.24, 2.45) is 5.92 Å². The monoisotopic (exact) mass is 347 g/mol. The van der Waals surface area contributed by atoms with E-state index in [1.165, 1.54) is 19.3 Å². The van der Waals surface area contributed by atoms with Gasteiger partial charge in [-0.2, -0.15) is 12.8 Å². The van der Waals surface area contributed by atoms with Gasteiger partial charge in [0.2, 0.25) is 0 Å². The molecule has 0 heterocycles. The summed E-state index contributed by atoms with van der Waals surface area (Å²) in [6, 6.07) is 0. The molecule has 0 spiro atoms. The molecule has 50 valence electrons. The van der Waals surface area contributed by atoms with E-state index in [1.54, 1.807) is 0 Å².